The van der Waals surface area contributed by atoms with Gasteiger partial charge in [-0.1, -0.05) is 72.8 Å². The molecule has 9 rings (SSSR count). The van der Waals surface area contributed by atoms with Gasteiger partial charge in [-0.25, -0.2) is 4.99 Å². The number of benzene rings is 4. The largest absolute Gasteiger partial charge is 0.456 e. The summed E-state index contributed by atoms with van der Waals surface area (Å²) in [7, 11) is 0. The molecule has 4 aromatic carbocycles. The van der Waals surface area contributed by atoms with E-state index in [-0.39, 0.29) is 6.04 Å². The van der Waals surface area contributed by atoms with Gasteiger partial charge in [0.1, 0.15) is 11.2 Å². The van der Waals surface area contributed by atoms with Crippen LogP contribution in [0.5, 0.6) is 0 Å². The van der Waals surface area contributed by atoms with Crippen molar-refractivity contribution in [1.29, 1.82) is 0 Å². The number of allylic oxidation sites excluding steroid dienone is 2. The van der Waals surface area contributed by atoms with Gasteiger partial charge in [-0.05, 0) is 41.5 Å². The highest BCUT2D eigenvalue weighted by Gasteiger charge is 2.29. The van der Waals surface area contributed by atoms with E-state index in [1.54, 1.807) is 0 Å². The van der Waals surface area contributed by atoms with Gasteiger partial charge in [0.2, 0.25) is 0 Å². The molecule has 0 amide bonds. The normalized spacial score (nSPS) is 16.8. The van der Waals surface area contributed by atoms with Gasteiger partial charge in [-0.15, -0.1) is 0 Å². The maximum atomic E-state index is 6.38. The molecule has 1 N–H and O–H groups in total. The summed E-state index contributed by atoms with van der Waals surface area (Å²) >= 11 is 0. The van der Waals surface area contributed by atoms with E-state index in [4.69, 9.17) is 9.41 Å². The molecule has 0 saturated heterocycles. The first-order chi connectivity index (χ1) is 17.8. The lowest BCUT2D eigenvalue weighted by Gasteiger charge is -2.23. The van der Waals surface area contributed by atoms with E-state index in [1.165, 1.54) is 32.8 Å². The van der Waals surface area contributed by atoms with E-state index < -0.39 is 0 Å². The lowest BCUT2D eigenvalue weighted by Crippen LogP contribution is -2.29. The van der Waals surface area contributed by atoms with Gasteiger partial charge in [-0.2, -0.15) is 0 Å². The molecule has 1 unspecified atom stereocenters. The van der Waals surface area contributed by atoms with Gasteiger partial charge in [-0.3, -0.25) is 4.40 Å². The van der Waals surface area contributed by atoms with E-state index >= 15 is 0 Å². The van der Waals surface area contributed by atoms with E-state index in [0.717, 1.165) is 44.7 Å². The fourth-order valence-corrected chi connectivity index (χ4v) is 6.16. The lowest BCUT2D eigenvalue weighted by atomic mass is 10.0. The number of nitrogens with zero attached hydrogens (tertiary/aromatic N) is 2. The summed E-state index contributed by atoms with van der Waals surface area (Å²) in [5.74, 6) is 0.962. The molecule has 0 fully saturated rings. The van der Waals surface area contributed by atoms with Crippen LogP contribution in [0.15, 0.2) is 113 Å². The van der Waals surface area contributed by atoms with Crippen LogP contribution in [0, 0.1) is 0 Å². The molecule has 4 heteroatoms. The Morgan fingerprint density at radius 2 is 1.58 bits per heavy atom. The maximum absolute atomic E-state index is 6.38. The Bertz CT molecular complexity index is 2120. The lowest BCUT2D eigenvalue weighted by molar-refractivity contribution is 0.669. The zero-order valence-electron chi connectivity index (χ0n) is 19.2. The first-order valence-corrected chi connectivity index (χ1v) is 12.3. The standard InChI is InChI=1S/C32H19N3O/c1-2-7-18(8-3-1)19-13-15-26-23(17-19)28-27(36-26)16-14-21-20-9-6-10-22-29-32(35(30(20)22)31(21)28)34-25-12-5-4-11-24(25)33-29/h1-17,24,33H. The van der Waals surface area contributed by atoms with Crippen molar-refractivity contribution in [3.8, 4) is 11.1 Å². The molecule has 0 bridgehead atoms. The van der Waals surface area contributed by atoms with E-state index in [9.17, 15) is 0 Å². The number of hydrogen-bond donors (Lipinski definition) is 1. The van der Waals surface area contributed by atoms with Crippen molar-refractivity contribution in [2.24, 2.45) is 4.99 Å². The minimum absolute atomic E-state index is 0.100. The SMILES string of the molecule is C1=CC2=Nc3c(c4cccc5c6ccc7oc8ccc(-c9ccccc9)cc8c7c6n3c45)NC2C=C1. The molecule has 0 spiro atoms. The first-order valence-electron chi connectivity index (χ1n) is 12.3. The van der Waals surface area contributed by atoms with Crippen molar-refractivity contribution in [3.05, 3.63) is 103 Å². The highest BCUT2D eigenvalue weighted by Crippen LogP contribution is 2.49. The van der Waals surface area contributed by atoms with Gasteiger partial charge in [0, 0.05) is 21.5 Å². The van der Waals surface area contributed by atoms with Crippen LogP contribution >= 0.6 is 0 Å². The second-order valence-electron chi connectivity index (χ2n) is 9.65. The molecule has 36 heavy (non-hydrogen) atoms. The van der Waals surface area contributed by atoms with Crippen LogP contribution in [-0.4, -0.2) is 16.2 Å². The van der Waals surface area contributed by atoms with Crippen LogP contribution in [0.3, 0.4) is 0 Å². The number of rotatable bonds is 1. The molecular formula is C32H19N3O. The van der Waals surface area contributed by atoms with Gasteiger partial charge in [0.05, 0.1) is 33.9 Å². The highest BCUT2D eigenvalue weighted by atomic mass is 16.3. The summed E-state index contributed by atoms with van der Waals surface area (Å²) < 4.78 is 8.74. The second-order valence-corrected chi connectivity index (χ2v) is 9.65. The number of para-hydroxylation sites is 1. The van der Waals surface area contributed by atoms with Crippen molar-refractivity contribution in [3.63, 3.8) is 0 Å². The Labute approximate surface area is 205 Å². The molecule has 7 aromatic rings. The summed E-state index contributed by atoms with van der Waals surface area (Å²) in [4.78, 5) is 5.19. The molecule has 0 saturated carbocycles. The number of fused-ring (bicyclic) bond motifs is 11. The predicted molar refractivity (Wildman–Crippen MR) is 149 cm³/mol. The molecule has 1 aliphatic carbocycles. The molecular weight excluding hydrogens is 442 g/mol. The summed E-state index contributed by atoms with van der Waals surface area (Å²) in [6.07, 6.45) is 8.41. The smallest absolute Gasteiger partial charge is 0.162 e. The quantitative estimate of drug-likeness (QED) is 0.267. The fourth-order valence-electron chi connectivity index (χ4n) is 6.16. The van der Waals surface area contributed by atoms with Gasteiger partial charge in [0.15, 0.2) is 5.82 Å². The number of furan rings is 1. The van der Waals surface area contributed by atoms with Crippen LogP contribution in [0.1, 0.15) is 0 Å². The van der Waals surface area contributed by atoms with Crippen LogP contribution in [0.2, 0.25) is 0 Å². The van der Waals surface area contributed by atoms with Crippen molar-refractivity contribution < 1.29 is 4.42 Å². The third-order valence-electron chi connectivity index (χ3n) is 7.73. The number of aliphatic imine (C=N–C) groups is 1. The third kappa shape index (κ3) is 2.22. The summed E-state index contributed by atoms with van der Waals surface area (Å²) in [5.41, 5.74) is 8.68. The highest BCUT2D eigenvalue weighted by molar-refractivity contribution is 6.29. The molecule has 2 aliphatic rings. The van der Waals surface area contributed by atoms with Crippen LogP contribution in [-0.2, 0) is 0 Å². The Kier molecular flexibility index (Phi) is 3.30. The second kappa shape index (κ2) is 6.43. The fraction of sp³-hybridized carbons (Fsp3) is 0.0312. The molecule has 1 atom stereocenters. The summed E-state index contributed by atoms with van der Waals surface area (Å²) in [6.45, 7) is 0. The Morgan fingerprint density at radius 1 is 0.722 bits per heavy atom. The van der Waals surface area contributed by atoms with E-state index in [2.05, 4.69) is 113 Å². The van der Waals surface area contributed by atoms with Crippen molar-refractivity contribution in [1.82, 2.24) is 4.40 Å². The molecule has 4 heterocycles. The number of nitrogens with one attached hydrogen (secondary N) is 1. The minimum atomic E-state index is 0.100. The molecule has 1 aliphatic heterocycles. The third-order valence-corrected chi connectivity index (χ3v) is 7.73. The molecule has 0 radical (unpaired) electrons. The van der Waals surface area contributed by atoms with Crippen molar-refractivity contribution >= 4 is 66.3 Å². The minimum Gasteiger partial charge on any atom is -0.456 e. The first kappa shape index (κ1) is 18.5. The van der Waals surface area contributed by atoms with Gasteiger partial charge >= 0.3 is 0 Å². The molecule has 168 valence electrons. The van der Waals surface area contributed by atoms with E-state index in [1.807, 2.05) is 0 Å². The zero-order chi connectivity index (χ0) is 23.4. The van der Waals surface area contributed by atoms with Crippen LogP contribution < -0.4 is 5.32 Å². The van der Waals surface area contributed by atoms with Crippen LogP contribution in [0.4, 0.5) is 11.5 Å². The summed E-state index contributed by atoms with van der Waals surface area (Å²) in [6, 6.07) is 28.0. The average Bonchev–Trinajstić information content (AvgIpc) is 3.58. The van der Waals surface area contributed by atoms with Crippen molar-refractivity contribution in [2.75, 3.05) is 5.32 Å². The predicted octanol–water partition coefficient (Wildman–Crippen LogP) is 8.24. The zero-order valence-corrected chi connectivity index (χ0v) is 19.2. The monoisotopic (exact) mass is 461 g/mol. The Balaban J connectivity index is 1.47. The van der Waals surface area contributed by atoms with Gasteiger partial charge < -0.3 is 9.73 Å². The van der Waals surface area contributed by atoms with Crippen LogP contribution in [0.25, 0.3) is 60.3 Å². The summed E-state index contributed by atoms with van der Waals surface area (Å²) in [5, 5.41) is 9.68. The Morgan fingerprint density at radius 3 is 2.53 bits per heavy atom. The number of hydrogen-bond acceptors (Lipinski definition) is 3. The molecule has 3 aromatic heterocycles. The van der Waals surface area contributed by atoms with E-state index in [0.29, 0.717) is 0 Å². The topological polar surface area (TPSA) is 41.9 Å². The number of aromatic nitrogens is 1. The Hall–Kier alpha value is -4.83. The number of anilines is 1. The van der Waals surface area contributed by atoms with Crippen molar-refractivity contribution in [2.45, 2.75) is 6.04 Å². The average molecular weight is 462 g/mol. The molecule has 4 nitrogen and oxygen atoms in total. The van der Waals surface area contributed by atoms with Gasteiger partial charge in [0.25, 0.3) is 0 Å². The maximum Gasteiger partial charge on any atom is 0.162 e.